The number of rotatable bonds is 9. The normalized spacial score (nSPS) is 10.5. The van der Waals surface area contributed by atoms with E-state index in [-0.39, 0.29) is 18.7 Å². The van der Waals surface area contributed by atoms with E-state index in [1.807, 2.05) is 18.2 Å². The Morgan fingerprint density at radius 2 is 1.72 bits per heavy atom. The Morgan fingerprint density at radius 1 is 1.00 bits per heavy atom. The monoisotopic (exact) mass is 457 g/mol. The zero-order valence-electron chi connectivity index (χ0n) is 17.3. The summed E-state index contributed by atoms with van der Waals surface area (Å²) < 4.78 is 24.6. The first-order valence-electron chi connectivity index (χ1n) is 9.67. The van der Waals surface area contributed by atoms with Gasteiger partial charge >= 0.3 is 5.97 Å². The van der Waals surface area contributed by atoms with Gasteiger partial charge in [-0.25, -0.2) is 9.18 Å². The van der Waals surface area contributed by atoms with Gasteiger partial charge in [0.15, 0.2) is 18.2 Å². The number of carboxylic acids is 1. The molecule has 1 N–H and O–H groups in total. The Morgan fingerprint density at radius 3 is 2.38 bits per heavy atom. The number of aromatic carboxylic acids is 1. The van der Waals surface area contributed by atoms with Crippen molar-refractivity contribution in [3.05, 3.63) is 94.3 Å². The molecule has 1 amide bonds. The van der Waals surface area contributed by atoms with Crippen LogP contribution in [0.25, 0.3) is 0 Å². The van der Waals surface area contributed by atoms with Gasteiger partial charge in [0.25, 0.3) is 5.91 Å². The van der Waals surface area contributed by atoms with Crippen LogP contribution >= 0.6 is 11.6 Å². The Hall–Kier alpha value is -3.58. The van der Waals surface area contributed by atoms with Crippen molar-refractivity contribution < 1.29 is 28.6 Å². The van der Waals surface area contributed by atoms with E-state index in [4.69, 9.17) is 21.1 Å². The highest BCUT2D eigenvalue weighted by Crippen LogP contribution is 2.24. The van der Waals surface area contributed by atoms with E-state index in [0.29, 0.717) is 10.8 Å². The maximum atomic E-state index is 14.1. The van der Waals surface area contributed by atoms with Crippen LogP contribution in [0.5, 0.6) is 11.5 Å². The first kappa shape index (κ1) is 23.1. The van der Waals surface area contributed by atoms with Gasteiger partial charge in [0.2, 0.25) is 0 Å². The molecule has 0 radical (unpaired) electrons. The van der Waals surface area contributed by atoms with Gasteiger partial charge in [-0.3, -0.25) is 4.79 Å². The lowest BCUT2D eigenvalue weighted by Gasteiger charge is -2.24. The molecule has 3 aromatic rings. The minimum atomic E-state index is -1.35. The Labute approximate surface area is 189 Å². The van der Waals surface area contributed by atoms with Crippen LogP contribution in [0, 0.1) is 5.82 Å². The van der Waals surface area contributed by atoms with Gasteiger partial charge in [0, 0.05) is 18.1 Å². The number of nitrogens with zero attached hydrogens (tertiary/aromatic N) is 1. The molecule has 0 fully saturated rings. The molecule has 0 bridgehead atoms. The summed E-state index contributed by atoms with van der Waals surface area (Å²) >= 11 is 6.26. The molecule has 32 heavy (non-hydrogen) atoms. The smallest absolute Gasteiger partial charge is 0.339 e. The summed E-state index contributed by atoms with van der Waals surface area (Å²) in [5.41, 5.74) is 1.21. The highest BCUT2D eigenvalue weighted by Gasteiger charge is 2.20. The average Bonchev–Trinajstić information content (AvgIpc) is 2.79. The number of ether oxygens (including phenoxy) is 2. The van der Waals surface area contributed by atoms with Crippen molar-refractivity contribution in [3.63, 3.8) is 0 Å². The van der Waals surface area contributed by atoms with E-state index in [2.05, 4.69) is 0 Å². The average molecular weight is 458 g/mol. The van der Waals surface area contributed by atoms with Gasteiger partial charge in [-0.05, 0) is 41.5 Å². The molecule has 0 heterocycles. The molecule has 0 aromatic heterocycles. The molecule has 166 valence electrons. The van der Waals surface area contributed by atoms with E-state index in [1.165, 1.54) is 17.0 Å². The van der Waals surface area contributed by atoms with Crippen molar-refractivity contribution in [2.75, 3.05) is 13.7 Å². The van der Waals surface area contributed by atoms with Crippen LogP contribution in [0.2, 0.25) is 5.02 Å². The molecule has 3 rings (SSSR count). The van der Waals surface area contributed by atoms with E-state index >= 15 is 0 Å². The first-order chi connectivity index (χ1) is 15.4. The minimum Gasteiger partial charge on any atom is -0.497 e. The molecular formula is C24H21ClFNO5. The molecule has 0 saturated carbocycles. The second-order valence-corrected chi connectivity index (χ2v) is 7.31. The summed E-state index contributed by atoms with van der Waals surface area (Å²) in [6, 6.07) is 17.9. The van der Waals surface area contributed by atoms with Gasteiger partial charge in [-0.15, -0.1) is 0 Å². The standard InChI is InChI=1S/C24H21ClFNO5/c1-31-18-11-9-16(10-12-18)13-27(14-17-5-2-3-7-20(17)25)22(28)15-32-23-19(24(29)30)6-4-8-21(23)26/h2-12H,13-15H2,1H3,(H,29,30). The summed E-state index contributed by atoms with van der Waals surface area (Å²) in [5, 5.41) is 9.76. The van der Waals surface area contributed by atoms with Crippen LogP contribution in [0.15, 0.2) is 66.7 Å². The molecular weight excluding hydrogens is 437 g/mol. The fourth-order valence-electron chi connectivity index (χ4n) is 3.06. The Balaban J connectivity index is 1.81. The van der Waals surface area contributed by atoms with Crippen LogP contribution in [-0.2, 0) is 17.9 Å². The number of benzene rings is 3. The van der Waals surface area contributed by atoms with E-state index in [9.17, 15) is 19.1 Å². The number of hydrogen-bond donors (Lipinski definition) is 1. The Bertz CT molecular complexity index is 1100. The molecule has 0 aliphatic heterocycles. The van der Waals surface area contributed by atoms with Crippen molar-refractivity contribution in [3.8, 4) is 11.5 Å². The predicted octanol–water partition coefficient (Wildman–Crippen LogP) is 4.79. The highest BCUT2D eigenvalue weighted by molar-refractivity contribution is 6.31. The molecule has 0 spiro atoms. The largest absolute Gasteiger partial charge is 0.497 e. The number of para-hydroxylation sites is 1. The van der Waals surface area contributed by atoms with Gasteiger partial charge < -0.3 is 19.5 Å². The van der Waals surface area contributed by atoms with Gasteiger partial charge in [0.05, 0.1) is 7.11 Å². The number of halogens is 2. The number of hydrogen-bond acceptors (Lipinski definition) is 4. The zero-order valence-corrected chi connectivity index (χ0v) is 18.0. The Kier molecular flexibility index (Phi) is 7.68. The van der Waals surface area contributed by atoms with Crippen LogP contribution in [0.1, 0.15) is 21.5 Å². The number of methoxy groups -OCH3 is 1. The first-order valence-corrected chi connectivity index (χ1v) is 10.1. The summed E-state index contributed by atoms with van der Waals surface area (Å²) in [7, 11) is 1.56. The summed E-state index contributed by atoms with van der Waals surface area (Å²) in [5.74, 6) is -2.46. The lowest BCUT2D eigenvalue weighted by molar-refractivity contribution is -0.134. The second-order valence-electron chi connectivity index (χ2n) is 6.90. The molecule has 0 saturated heterocycles. The summed E-state index contributed by atoms with van der Waals surface area (Å²) in [4.78, 5) is 25.9. The van der Waals surface area contributed by atoms with E-state index in [0.717, 1.165) is 17.2 Å². The maximum Gasteiger partial charge on any atom is 0.339 e. The van der Waals surface area contributed by atoms with E-state index < -0.39 is 30.1 Å². The molecule has 8 heteroatoms. The van der Waals surface area contributed by atoms with Crippen LogP contribution in [0.3, 0.4) is 0 Å². The van der Waals surface area contributed by atoms with Crippen molar-refractivity contribution in [1.29, 1.82) is 0 Å². The third-order valence-corrected chi connectivity index (χ3v) is 5.11. The lowest BCUT2D eigenvalue weighted by Crippen LogP contribution is -2.34. The van der Waals surface area contributed by atoms with Crippen molar-refractivity contribution in [2.45, 2.75) is 13.1 Å². The van der Waals surface area contributed by atoms with Crippen LogP contribution in [0.4, 0.5) is 4.39 Å². The summed E-state index contributed by atoms with van der Waals surface area (Å²) in [6.45, 7) is -0.112. The molecule has 0 aliphatic carbocycles. The molecule has 0 atom stereocenters. The second kappa shape index (κ2) is 10.6. The van der Waals surface area contributed by atoms with E-state index in [1.54, 1.807) is 37.4 Å². The zero-order chi connectivity index (χ0) is 23.1. The fraction of sp³-hybridized carbons (Fsp3) is 0.167. The SMILES string of the molecule is COc1ccc(CN(Cc2ccccc2Cl)C(=O)COc2c(F)cccc2C(=O)O)cc1. The van der Waals surface area contributed by atoms with Gasteiger partial charge in [0.1, 0.15) is 11.3 Å². The third-order valence-electron chi connectivity index (χ3n) is 4.74. The molecule has 3 aromatic carbocycles. The quantitative estimate of drug-likeness (QED) is 0.499. The lowest BCUT2D eigenvalue weighted by atomic mass is 10.1. The predicted molar refractivity (Wildman–Crippen MR) is 118 cm³/mol. The fourth-order valence-corrected chi connectivity index (χ4v) is 3.26. The third kappa shape index (κ3) is 5.76. The topological polar surface area (TPSA) is 76.1 Å². The number of carbonyl (C=O) groups is 2. The van der Waals surface area contributed by atoms with Crippen LogP contribution in [-0.4, -0.2) is 35.6 Å². The highest BCUT2D eigenvalue weighted by atomic mass is 35.5. The summed E-state index contributed by atoms with van der Waals surface area (Å²) in [6.07, 6.45) is 0. The maximum absolute atomic E-state index is 14.1. The minimum absolute atomic E-state index is 0.191. The van der Waals surface area contributed by atoms with Crippen LogP contribution < -0.4 is 9.47 Å². The molecule has 6 nitrogen and oxygen atoms in total. The van der Waals surface area contributed by atoms with Crippen molar-refractivity contribution >= 4 is 23.5 Å². The molecule has 0 aliphatic rings. The number of carboxylic acid groups (broad SMARTS) is 1. The van der Waals surface area contributed by atoms with Crippen molar-refractivity contribution in [1.82, 2.24) is 4.90 Å². The van der Waals surface area contributed by atoms with Gasteiger partial charge in [-0.2, -0.15) is 0 Å². The van der Waals surface area contributed by atoms with Crippen molar-refractivity contribution in [2.24, 2.45) is 0 Å². The number of carbonyl (C=O) groups excluding carboxylic acids is 1. The molecule has 0 unspecified atom stereocenters. The number of amides is 1. The van der Waals surface area contributed by atoms with Gasteiger partial charge in [-0.1, -0.05) is 48.0 Å².